The van der Waals surface area contributed by atoms with E-state index in [2.05, 4.69) is 9.72 Å². The second-order valence-electron chi connectivity index (χ2n) is 2.45. The fraction of sp³-hybridized carbons (Fsp3) is 0.250. The molecule has 0 unspecified atom stereocenters. The first kappa shape index (κ1) is 10.4. The molecule has 0 fully saturated rings. The number of aldehydes is 1. The number of ether oxygens (including phenoxy) is 1. The van der Waals surface area contributed by atoms with Crippen LogP contribution >= 0.6 is 0 Å². The van der Waals surface area contributed by atoms with E-state index in [9.17, 15) is 18.4 Å². The third-order valence-electron chi connectivity index (χ3n) is 1.61. The van der Waals surface area contributed by atoms with Crippen LogP contribution in [0.3, 0.4) is 0 Å². The van der Waals surface area contributed by atoms with Gasteiger partial charge < -0.3 is 9.72 Å². The molecule has 0 aliphatic rings. The Balaban J connectivity index is 3.39. The Bertz CT molecular complexity index is 400. The fourth-order valence-electron chi connectivity index (χ4n) is 0.956. The Labute approximate surface area is 77.5 Å². The Hall–Kier alpha value is -1.72. The Morgan fingerprint density at radius 1 is 1.57 bits per heavy atom. The van der Waals surface area contributed by atoms with Crippen LogP contribution in [0.4, 0.5) is 8.78 Å². The second kappa shape index (κ2) is 3.99. The molecule has 1 aromatic rings. The van der Waals surface area contributed by atoms with Crippen molar-refractivity contribution in [2.75, 3.05) is 7.11 Å². The molecule has 14 heavy (non-hydrogen) atoms. The van der Waals surface area contributed by atoms with Crippen molar-refractivity contribution >= 4 is 6.29 Å². The number of halogens is 2. The molecule has 0 saturated carbocycles. The molecule has 1 N–H and O–H groups in total. The van der Waals surface area contributed by atoms with Gasteiger partial charge in [-0.25, -0.2) is 8.78 Å². The van der Waals surface area contributed by atoms with E-state index in [1.807, 2.05) is 0 Å². The molecule has 0 bridgehead atoms. The number of alkyl halides is 2. The number of hydrogen-bond acceptors (Lipinski definition) is 3. The van der Waals surface area contributed by atoms with E-state index in [4.69, 9.17) is 0 Å². The number of hydrogen-bond donors (Lipinski definition) is 1. The molecule has 1 aromatic heterocycles. The van der Waals surface area contributed by atoms with E-state index in [-0.39, 0.29) is 17.7 Å². The minimum absolute atomic E-state index is 0.247. The molecule has 0 aromatic carbocycles. The minimum atomic E-state index is -2.81. The van der Waals surface area contributed by atoms with Crippen molar-refractivity contribution < 1.29 is 18.3 Å². The zero-order valence-corrected chi connectivity index (χ0v) is 7.21. The number of pyridine rings is 1. The minimum Gasteiger partial charge on any atom is -0.482 e. The smallest absolute Gasteiger partial charge is 0.278 e. The lowest BCUT2D eigenvalue weighted by molar-refractivity contribution is 0.111. The number of carbonyl (C=O) groups excluding carboxylic acids is 1. The summed E-state index contributed by atoms with van der Waals surface area (Å²) in [5.41, 5.74) is -1.65. The van der Waals surface area contributed by atoms with E-state index in [1.165, 1.54) is 7.11 Å². The van der Waals surface area contributed by atoms with Gasteiger partial charge in [-0.05, 0) is 0 Å². The number of nitrogens with one attached hydrogen (secondary N) is 1. The lowest BCUT2D eigenvalue weighted by atomic mass is 10.2. The van der Waals surface area contributed by atoms with Crippen molar-refractivity contribution in [3.05, 3.63) is 27.5 Å². The zero-order valence-electron chi connectivity index (χ0n) is 7.21. The average molecular weight is 203 g/mol. The summed E-state index contributed by atoms with van der Waals surface area (Å²) < 4.78 is 29.0. The molecule has 0 amide bonds. The molecular weight excluding hydrogens is 196 g/mol. The summed E-state index contributed by atoms with van der Waals surface area (Å²) in [6.07, 6.45) is -2.55. The lowest BCUT2D eigenvalue weighted by Gasteiger charge is -2.05. The standard InChI is InChI=1S/C8H7F2NO3/c1-14-8-4(3-12)6(13)2-5(11-8)7(9)10/h2-3,7H,1H3,(H,11,13). The van der Waals surface area contributed by atoms with Gasteiger partial charge in [0.2, 0.25) is 5.88 Å². The Morgan fingerprint density at radius 2 is 2.21 bits per heavy atom. The number of rotatable bonds is 3. The number of H-pyrrole nitrogens is 1. The molecule has 1 heterocycles. The number of methoxy groups -OCH3 is 1. The van der Waals surface area contributed by atoms with Gasteiger partial charge in [-0.2, -0.15) is 0 Å². The van der Waals surface area contributed by atoms with Crippen LogP contribution < -0.4 is 10.2 Å². The molecule has 0 atom stereocenters. The summed E-state index contributed by atoms with van der Waals surface area (Å²) in [6, 6.07) is 0.678. The van der Waals surface area contributed by atoms with Gasteiger partial charge in [0.15, 0.2) is 11.7 Å². The van der Waals surface area contributed by atoms with Crippen LogP contribution in [0.15, 0.2) is 10.9 Å². The third-order valence-corrected chi connectivity index (χ3v) is 1.61. The Kier molecular flexibility index (Phi) is 2.95. The topological polar surface area (TPSA) is 59.2 Å². The van der Waals surface area contributed by atoms with Gasteiger partial charge in [0.25, 0.3) is 6.43 Å². The van der Waals surface area contributed by atoms with Crippen LogP contribution in [0.25, 0.3) is 0 Å². The summed E-state index contributed by atoms with van der Waals surface area (Å²) >= 11 is 0. The Morgan fingerprint density at radius 3 is 2.64 bits per heavy atom. The van der Waals surface area contributed by atoms with Crippen molar-refractivity contribution in [2.45, 2.75) is 6.43 Å². The van der Waals surface area contributed by atoms with Crippen molar-refractivity contribution in [2.24, 2.45) is 0 Å². The maximum Gasteiger partial charge on any atom is 0.278 e. The summed E-state index contributed by atoms with van der Waals surface area (Å²) in [4.78, 5) is 23.6. The van der Waals surface area contributed by atoms with Crippen LogP contribution in [0.1, 0.15) is 22.5 Å². The maximum atomic E-state index is 12.2. The number of carbonyl (C=O) groups is 1. The SMILES string of the molecule is COc1[nH]c(C(F)F)cc(=O)c1C=O. The average Bonchev–Trinajstić information content (AvgIpc) is 2.16. The highest BCUT2D eigenvalue weighted by Crippen LogP contribution is 2.18. The molecule has 1 rings (SSSR count). The highest BCUT2D eigenvalue weighted by atomic mass is 19.3. The van der Waals surface area contributed by atoms with Gasteiger partial charge in [0.05, 0.1) is 12.8 Å². The summed E-state index contributed by atoms with van der Waals surface area (Å²) in [6.45, 7) is 0. The van der Waals surface area contributed by atoms with Crippen molar-refractivity contribution in [1.29, 1.82) is 0 Å². The van der Waals surface area contributed by atoms with Crippen LogP contribution in [-0.4, -0.2) is 18.4 Å². The van der Waals surface area contributed by atoms with Gasteiger partial charge in [0.1, 0.15) is 5.56 Å². The second-order valence-corrected chi connectivity index (χ2v) is 2.45. The van der Waals surface area contributed by atoms with E-state index in [1.54, 1.807) is 0 Å². The summed E-state index contributed by atoms with van der Waals surface area (Å²) in [5.74, 6) is -0.247. The first-order valence-electron chi connectivity index (χ1n) is 3.64. The highest BCUT2D eigenvalue weighted by Gasteiger charge is 2.14. The molecular formula is C8H7F2NO3. The first-order valence-corrected chi connectivity index (χ1v) is 3.64. The van der Waals surface area contributed by atoms with E-state index in [0.717, 1.165) is 0 Å². The van der Waals surface area contributed by atoms with E-state index in [0.29, 0.717) is 6.07 Å². The van der Waals surface area contributed by atoms with Crippen LogP contribution in [-0.2, 0) is 0 Å². The normalized spacial score (nSPS) is 10.3. The number of aromatic amines is 1. The van der Waals surface area contributed by atoms with Crippen molar-refractivity contribution in [3.8, 4) is 5.88 Å². The van der Waals surface area contributed by atoms with Gasteiger partial charge >= 0.3 is 0 Å². The molecule has 0 radical (unpaired) electrons. The van der Waals surface area contributed by atoms with Crippen molar-refractivity contribution in [3.63, 3.8) is 0 Å². The predicted octanol–water partition coefficient (Wildman–Crippen LogP) is 1.13. The zero-order chi connectivity index (χ0) is 10.7. The lowest BCUT2D eigenvalue weighted by Crippen LogP contribution is -2.13. The molecule has 0 spiro atoms. The highest BCUT2D eigenvalue weighted by molar-refractivity contribution is 5.78. The van der Waals surface area contributed by atoms with Gasteiger partial charge in [-0.15, -0.1) is 0 Å². The van der Waals surface area contributed by atoms with Gasteiger partial charge in [-0.3, -0.25) is 9.59 Å². The largest absolute Gasteiger partial charge is 0.482 e. The maximum absolute atomic E-state index is 12.2. The van der Waals surface area contributed by atoms with Crippen molar-refractivity contribution in [1.82, 2.24) is 4.98 Å². The molecule has 4 nitrogen and oxygen atoms in total. The fourth-order valence-corrected chi connectivity index (χ4v) is 0.956. The quantitative estimate of drug-likeness (QED) is 0.749. The van der Waals surface area contributed by atoms with Crippen LogP contribution in [0, 0.1) is 0 Å². The third kappa shape index (κ3) is 1.78. The monoisotopic (exact) mass is 203 g/mol. The molecule has 6 heteroatoms. The first-order chi connectivity index (χ1) is 6.60. The molecule has 76 valence electrons. The van der Waals surface area contributed by atoms with Gasteiger partial charge in [0, 0.05) is 6.07 Å². The predicted molar refractivity (Wildman–Crippen MR) is 44.0 cm³/mol. The molecule has 0 aliphatic heterocycles. The van der Waals surface area contributed by atoms with Crippen LogP contribution in [0.5, 0.6) is 5.88 Å². The van der Waals surface area contributed by atoms with Gasteiger partial charge in [-0.1, -0.05) is 0 Å². The van der Waals surface area contributed by atoms with E-state index < -0.39 is 17.5 Å². The van der Waals surface area contributed by atoms with E-state index >= 15 is 0 Å². The number of aromatic nitrogens is 1. The summed E-state index contributed by atoms with van der Waals surface area (Å²) in [7, 11) is 1.17. The molecule has 0 saturated heterocycles. The molecule has 0 aliphatic carbocycles. The summed E-state index contributed by atoms with van der Waals surface area (Å²) in [5, 5.41) is 0. The van der Waals surface area contributed by atoms with Crippen LogP contribution in [0.2, 0.25) is 0 Å².